The second-order valence-corrected chi connectivity index (χ2v) is 7.30. The Morgan fingerprint density at radius 2 is 2.14 bits per heavy atom. The number of aromatic nitrogens is 1. The van der Waals surface area contributed by atoms with Crippen molar-refractivity contribution in [3.8, 4) is 11.3 Å². The molecule has 3 rings (SSSR count). The van der Waals surface area contributed by atoms with E-state index < -0.39 is 0 Å². The summed E-state index contributed by atoms with van der Waals surface area (Å²) in [7, 11) is 0. The minimum atomic E-state index is -0.304. The molecule has 0 aliphatic heterocycles. The van der Waals surface area contributed by atoms with Gasteiger partial charge in [-0.15, -0.1) is 0 Å². The number of carbonyl (C=O) groups is 1. The van der Waals surface area contributed by atoms with Crippen molar-refractivity contribution in [2.75, 3.05) is 0 Å². The number of nitrogens with two attached hydrogens (primary N) is 1. The van der Waals surface area contributed by atoms with Gasteiger partial charge in [-0.2, -0.15) is 5.90 Å². The fraction of sp³-hybridized carbons (Fsp3) is 0.286. The standard InChI is InChI=1S/C21H23ClN4O2/c1-13(24-14(2)28-23)20(11-15-9-10-15)26-21(27)19-8-4-7-18(25-19)16-5-3-6-17(22)12-16/h3-8,12,15,20H,1,9-11,23H2,2H3,(H,26,27). The largest absolute Gasteiger partial charge is 0.396 e. The summed E-state index contributed by atoms with van der Waals surface area (Å²) in [5, 5.41) is 3.61. The van der Waals surface area contributed by atoms with Gasteiger partial charge in [-0.05, 0) is 36.6 Å². The number of hydrogen-bond acceptors (Lipinski definition) is 5. The molecule has 1 unspecified atom stereocenters. The zero-order chi connectivity index (χ0) is 20.1. The van der Waals surface area contributed by atoms with Crippen molar-refractivity contribution >= 4 is 23.4 Å². The summed E-state index contributed by atoms with van der Waals surface area (Å²) in [4.78, 5) is 26.1. The third kappa shape index (κ3) is 5.41. The van der Waals surface area contributed by atoms with E-state index in [1.807, 2.05) is 24.3 Å². The van der Waals surface area contributed by atoms with Crippen molar-refractivity contribution in [1.82, 2.24) is 10.3 Å². The van der Waals surface area contributed by atoms with Crippen molar-refractivity contribution in [1.29, 1.82) is 0 Å². The van der Waals surface area contributed by atoms with E-state index >= 15 is 0 Å². The van der Waals surface area contributed by atoms with Crippen LogP contribution in [-0.4, -0.2) is 22.8 Å². The van der Waals surface area contributed by atoms with Gasteiger partial charge in [-0.25, -0.2) is 9.98 Å². The molecule has 6 nitrogen and oxygen atoms in total. The Labute approximate surface area is 169 Å². The van der Waals surface area contributed by atoms with Crippen LogP contribution in [0.15, 0.2) is 59.7 Å². The number of carbonyl (C=O) groups excluding carboxylic acids is 1. The summed E-state index contributed by atoms with van der Waals surface area (Å²) in [6.45, 7) is 5.61. The quantitative estimate of drug-likeness (QED) is 0.417. The van der Waals surface area contributed by atoms with Gasteiger partial charge in [0.25, 0.3) is 5.91 Å². The van der Waals surface area contributed by atoms with Gasteiger partial charge < -0.3 is 10.2 Å². The van der Waals surface area contributed by atoms with Crippen LogP contribution in [0.25, 0.3) is 11.3 Å². The minimum Gasteiger partial charge on any atom is -0.396 e. The van der Waals surface area contributed by atoms with Gasteiger partial charge in [0, 0.05) is 17.5 Å². The highest BCUT2D eigenvalue weighted by molar-refractivity contribution is 6.30. The highest BCUT2D eigenvalue weighted by atomic mass is 35.5. The van der Waals surface area contributed by atoms with E-state index in [0.717, 1.165) is 24.8 Å². The predicted molar refractivity (Wildman–Crippen MR) is 111 cm³/mol. The maximum atomic E-state index is 12.8. The number of hydrogen-bond donors (Lipinski definition) is 2. The van der Waals surface area contributed by atoms with Crippen LogP contribution in [0.1, 0.15) is 36.7 Å². The average Bonchev–Trinajstić information content (AvgIpc) is 3.51. The number of rotatable bonds is 7. The third-order valence-electron chi connectivity index (χ3n) is 4.55. The van der Waals surface area contributed by atoms with Crippen molar-refractivity contribution in [2.45, 2.75) is 32.2 Å². The maximum absolute atomic E-state index is 12.8. The third-order valence-corrected chi connectivity index (χ3v) is 4.78. The smallest absolute Gasteiger partial charge is 0.270 e. The highest BCUT2D eigenvalue weighted by Gasteiger charge is 2.28. The molecular weight excluding hydrogens is 376 g/mol. The Hall–Kier alpha value is -2.70. The minimum absolute atomic E-state index is 0.280. The molecule has 1 fully saturated rings. The van der Waals surface area contributed by atoms with Crippen LogP contribution in [0.4, 0.5) is 0 Å². The molecule has 146 valence electrons. The molecule has 1 saturated carbocycles. The molecule has 1 amide bonds. The van der Waals surface area contributed by atoms with Crippen LogP contribution in [0, 0.1) is 5.92 Å². The first-order chi connectivity index (χ1) is 13.5. The van der Waals surface area contributed by atoms with Crippen LogP contribution in [0.2, 0.25) is 5.02 Å². The van der Waals surface area contributed by atoms with E-state index in [0.29, 0.717) is 33.9 Å². The molecule has 1 aliphatic rings. The SMILES string of the molecule is C=C(N=C(C)ON)C(CC1CC1)NC(=O)c1cccc(-c2cccc(Cl)c2)n1. The predicted octanol–water partition coefficient (Wildman–Crippen LogP) is 4.12. The van der Waals surface area contributed by atoms with Crippen LogP contribution >= 0.6 is 11.6 Å². The summed E-state index contributed by atoms with van der Waals surface area (Å²) in [5.74, 6) is 5.71. The van der Waals surface area contributed by atoms with Crippen LogP contribution in [0.5, 0.6) is 0 Å². The second-order valence-electron chi connectivity index (χ2n) is 6.86. The lowest BCUT2D eigenvalue weighted by Crippen LogP contribution is -2.37. The van der Waals surface area contributed by atoms with Crippen LogP contribution in [-0.2, 0) is 4.84 Å². The molecule has 1 aromatic carbocycles. The molecule has 1 atom stereocenters. The van der Waals surface area contributed by atoms with Crippen LogP contribution in [0.3, 0.4) is 0 Å². The molecule has 0 saturated heterocycles. The summed E-state index contributed by atoms with van der Waals surface area (Å²) < 4.78 is 0. The summed E-state index contributed by atoms with van der Waals surface area (Å²) in [6, 6.07) is 12.4. The number of nitrogens with zero attached hydrogens (tertiary/aromatic N) is 2. The zero-order valence-electron chi connectivity index (χ0n) is 15.7. The van der Waals surface area contributed by atoms with Gasteiger partial charge in [0.1, 0.15) is 5.69 Å². The van der Waals surface area contributed by atoms with E-state index in [2.05, 4.69) is 26.7 Å². The molecule has 1 heterocycles. The summed E-state index contributed by atoms with van der Waals surface area (Å²) >= 11 is 6.06. The molecule has 0 radical (unpaired) electrons. The summed E-state index contributed by atoms with van der Waals surface area (Å²) in [6.07, 6.45) is 3.08. The lowest BCUT2D eigenvalue weighted by molar-refractivity contribution is 0.0935. The molecule has 2 aromatic rings. The Kier molecular flexibility index (Phi) is 6.44. The van der Waals surface area contributed by atoms with Gasteiger partial charge in [-0.3, -0.25) is 4.79 Å². The van der Waals surface area contributed by atoms with Gasteiger partial charge in [0.05, 0.1) is 17.4 Å². The average molecular weight is 399 g/mol. The molecule has 0 bridgehead atoms. The molecule has 1 aromatic heterocycles. The molecule has 28 heavy (non-hydrogen) atoms. The summed E-state index contributed by atoms with van der Waals surface area (Å²) in [5.41, 5.74) is 2.36. The Morgan fingerprint density at radius 1 is 1.39 bits per heavy atom. The lowest BCUT2D eigenvalue weighted by Gasteiger charge is -2.19. The fourth-order valence-corrected chi connectivity index (χ4v) is 3.06. The van der Waals surface area contributed by atoms with E-state index in [9.17, 15) is 4.79 Å². The second kappa shape index (κ2) is 8.99. The number of pyridine rings is 1. The van der Waals surface area contributed by atoms with E-state index in [1.54, 1.807) is 25.1 Å². The Bertz CT molecular complexity index is 909. The number of benzene rings is 1. The highest BCUT2D eigenvalue weighted by Crippen LogP contribution is 2.35. The fourth-order valence-electron chi connectivity index (χ4n) is 2.87. The monoisotopic (exact) mass is 398 g/mol. The van der Waals surface area contributed by atoms with E-state index in [-0.39, 0.29) is 11.9 Å². The molecule has 0 spiro atoms. The topological polar surface area (TPSA) is 89.6 Å². The molecule has 1 aliphatic carbocycles. The van der Waals surface area contributed by atoms with Crippen molar-refractivity contribution in [2.24, 2.45) is 16.8 Å². The molecular formula is C21H23ClN4O2. The first-order valence-electron chi connectivity index (χ1n) is 9.11. The Morgan fingerprint density at radius 3 is 2.82 bits per heavy atom. The first-order valence-corrected chi connectivity index (χ1v) is 9.48. The van der Waals surface area contributed by atoms with Crippen molar-refractivity contribution < 1.29 is 9.63 Å². The normalized spacial score (nSPS) is 15.0. The van der Waals surface area contributed by atoms with Gasteiger partial charge in [-0.1, -0.05) is 49.2 Å². The maximum Gasteiger partial charge on any atom is 0.270 e. The number of halogens is 1. The van der Waals surface area contributed by atoms with E-state index in [1.165, 1.54) is 0 Å². The molecule has 3 N–H and O–H groups in total. The first kappa shape index (κ1) is 20.0. The number of amides is 1. The zero-order valence-corrected chi connectivity index (χ0v) is 16.4. The van der Waals surface area contributed by atoms with Gasteiger partial charge in [0.2, 0.25) is 5.90 Å². The van der Waals surface area contributed by atoms with Gasteiger partial charge >= 0.3 is 0 Å². The van der Waals surface area contributed by atoms with E-state index in [4.69, 9.17) is 17.5 Å². The number of nitrogens with one attached hydrogen (secondary N) is 1. The van der Waals surface area contributed by atoms with Gasteiger partial charge in [0.15, 0.2) is 0 Å². The van der Waals surface area contributed by atoms with Crippen molar-refractivity contribution in [3.05, 3.63) is 65.5 Å². The molecule has 7 heteroatoms. The van der Waals surface area contributed by atoms with Crippen molar-refractivity contribution in [3.63, 3.8) is 0 Å². The Balaban J connectivity index is 1.78. The van der Waals surface area contributed by atoms with Crippen LogP contribution < -0.4 is 11.2 Å². The lowest BCUT2D eigenvalue weighted by atomic mass is 10.1. The number of aliphatic imine (C=N–C) groups is 1.